The van der Waals surface area contributed by atoms with Crippen LogP contribution in [0.4, 0.5) is 5.69 Å². The summed E-state index contributed by atoms with van der Waals surface area (Å²) in [5.41, 5.74) is 2.93. The highest BCUT2D eigenvalue weighted by Gasteiger charge is 2.17. The molecule has 0 radical (unpaired) electrons. The Kier molecular flexibility index (Phi) is 4.60. The van der Waals surface area contributed by atoms with Crippen molar-refractivity contribution in [2.24, 2.45) is 0 Å². The van der Waals surface area contributed by atoms with Crippen LogP contribution in [0.5, 0.6) is 0 Å². The molecule has 5 heteroatoms. The first kappa shape index (κ1) is 14.8. The van der Waals surface area contributed by atoms with E-state index in [1.165, 1.54) is 5.56 Å². The van der Waals surface area contributed by atoms with Crippen molar-refractivity contribution in [3.05, 3.63) is 46.2 Å². The molecule has 1 heterocycles. The van der Waals surface area contributed by atoms with Crippen LogP contribution in [-0.2, 0) is 11.2 Å². The second kappa shape index (κ2) is 6.22. The number of benzene rings is 1. The van der Waals surface area contributed by atoms with Gasteiger partial charge < -0.3 is 5.32 Å². The molecule has 4 nitrogen and oxygen atoms in total. The van der Waals surface area contributed by atoms with E-state index < -0.39 is 0 Å². The van der Waals surface area contributed by atoms with E-state index >= 15 is 0 Å². The summed E-state index contributed by atoms with van der Waals surface area (Å²) in [6.07, 6.45) is 2.81. The molecule has 1 aromatic heterocycles. The zero-order valence-corrected chi connectivity index (χ0v) is 13.4. The third-order valence-electron chi connectivity index (χ3n) is 3.26. The molecule has 0 spiro atoms. The van der Waals surface area contributed by atoms with Gasteiger partial charge in [0.25, 0.3) is 0 Å². The van der Waals surface area contributed by atoms with Crippen LogP contribution in [0, 0.1) is 6.92 Å². The summed E-state index contributed by atoms with van der Waals surface area (Å²) in [6.45, 7) is 5.83. The predicted molar refractivity (Wildman–Crippen MR) is 83.8 cm³/mol. The first-order chi connectivity index (χ1) is 9.51. The number of nitrogens with one attached hydrogen (secondary N) is 1. The van der Waals surface area contributed by atoms with Crippen LogP contribution >= 0.6 is 15.9 Å². The van der Waals surface area contributed by atoms with E-state index in [9.17, 15) is 4.79 Å². The van der Waals surface area contributed by atoms with E-state index in [0.29, 0.717) is 0 Å². The Morgan fingerprint density at radius 3 is 2.55 bits per heavy atom. The number of hydrogen-bond acceptors (Lipinski definition) is 2. The maximum atomic E-state index is 12.2. The Bertz CT molecular complexity index is 585. The Labute approximate surface area is 127 Å². The standard InChI is InChI=1S/C15H18BrN3O/c1-4-12-5-7-13(8-6-12)17-15(20)11(3)19-9-14(16)10(2)18-19/h5-9,11H,4H2,1-3H3,(H,17,20). The molecule has 1 atom stereocenters. The van der Waals surface area contributed by atoms with Crippen molar-refractivity contribution < 1.29 is 4.79 Å². The average Bonchev–Trinajstić information content (AvgIpc) is 2.78. The van der Waals surface area contributed by atoms with Gasteiger partial charge >= 0.3 is 0 Å². The summed E-state index contributed by atoms with van der Waals surface area (Å²) >= 11 is 3.40. The molecule has 1 N–H and O–H groups in total. The van der Waals surface area contributed by atoms with Gasteiger partial charge in [0.15, 0.2) is 0 Å². The number of carbonyl (C=O) groups excluding carboxylic acids is 1. The molecule has 1 unspecified atom stereocenters. The molecule has 0 aliphatic carbocycles. The third kappa shape index (κ3) is 3.28. The molecule has 2 rings (SSSR count). The highest BCUT2D eigenvalue weighted by Crippen LogP contribution is 2.18. The zero-order chi connectivity index (χ0) is 14.7. The summed E-state index contributed by atoms with van der Waals surface area (Å²) in [5, 5.41) is 7.21. The average molecular weight is 336 g/mol. The number of aryl methyl sites for hydroxylation is 2. The number of hydrogen-bond donors (Lipinski definition) is 1. The Balaban J connectivity index is 2.06. The van der Waals surface area contributed by atoms with Crippen molar-refractivity contribution in [2.75, 3.05) is 5.32 Å². The van der Waals surface area contributed by atoms with Gasteiger partial charge in [-0.1, -0.05) is 19.1 Å². The Morgan fingerprint density at radius 1 is 1.40 bits per heavy atom. The van der Waals surface area contributed by atoms with Crippen molar-refractivity contribution in [1.29, 1.82) is 0 Å². The summed E-state index contributed by atoms with van der Waals surface area (Å²) in [7, 11) is 0. The van der Waals surface area contributed by atoms with Crippen LogP contribution in [0.25, 0.3) is 0 Å². The fourth-order valence-electron chi connectivity index (χ4n) is 1.85. The van der Waals surface area contributed by atoms with E-state index in [4.69, 9.17) is 0 Å². The number of anilines is 1. The first-order valence-corrected chi connectivity index (χ1v) is 7.41. The van der Waals surface area contributed by atoms with Crippen LogP contribution in [0.15, 0.2) is 34.9 Å². The van der Waals surface area contributed by atoms with Crippen molar-refractivity contribution in [2.45, 2.75) is 33.2 Å². The smallest absolute Gasteiger partial charge is 0.248 e. The van der Waals surface area contributed by atoms with E-state index in [2.05, 4.69) is 33.3 Å². The number of halogens is 1. The topological polar surface area (TPSA) is 46.9 Å². The van der Waals surface area contributed by atoms with Crippen LogP contribution < -0.4 is 5.32 Å². The molecule has 1 aromatic carbocycles. The molecule has 0 aliphatic heterocycles. The van der Waals surface area contributed by atoms with Gasteiger partial charge in [-0.15, -0.1) is 0 Å². The van der Waals surface area contributed by atoms with Crippen LogP contribution in [-0.4, -0.2) is 15.7 Å². The zero-order valence-electron chi connectivity index (χ0n) is 11.9. The minimum Gasteiger partial charge on any atom is -0.324 e. The summed E-state index contributed by atoms with van der Waals surface area (Å²) in [4.78, 5) is 12.2. The van der Waals surface area contributed by atoms with Gasteiger partial charge in [-0.3, -0.25) is 9.48 Å². The van der Waals surface area contributed by atoms with Crippen LogP contribution in [0.1, 0.15) is 31.1 Å². The van der Waals surface area contributed by atoms with E-state index in [-0.39, 0.29) is 11.9 Å². The molecule has 2 aromatic rings. The SMILES string of the molecule is CCc1ccc(NC(=O)C(C)n2cc(Br)c(C)n2)cc1. The molecular weight excluding hydrogens is 318 g/mol. The van der Waals surface area contributed by atoms with Crippen molar-refractivity contribution in [3.63, 3.8) is 0 Å². The monoisotopic (exact) mass is 335 g/mol. The van der Waals surface area contributed by atoms with Gasteiger partial charge in [-0.05, 0) is 53.9 Å². The lowest BCUT2D eigenvalue weighted by Gasteiger charge is -2.13. The second-order valence-electron chi connectivity index (χ2n) is 4.76. The lowest BCUT2D eigenvalue weighted by molar-refractivity contribution is -0.119. The Morgan fingerprint density at radius 2 is 2.05 bits per heavy atom. The number of aromatic nitrogens is 2. The molecule has 20 heavy (non-hydrogen) atoms. The normalized spacial score (nSPS) is 12.2. The highest BCUT2D eigenvalue weighted by atomic mass is 79.9. The van der Waals surface area contributed by atoms with Gasteiger partial charge in [-0.2, -0.15) is 5.10 Å². The van der Waals surface area contributed by atoms with Gasteiger partial charge in [0.2, 0.25) is 5.91 Å². The minimum atomic E-state index is -0.356. The lowest BCUT2D eigenvalue weighted by atomic mass is 10.1. The first-order valence-electron chi connectivity index (χ1n) is 6.62. The molecule has 0 fully saturated rings. The van der Waals surface area contributed by atoms with Crippen molar-refractivity contribution >= 4 is 27.5 Å². The van der Waals surface area contributed by atoms with E-state index in [1.54, 1.807) is 4.68 Å². The second-order valence-corrected chi connectivity index (χ2v) is 5.61. The number of carbonyl (C=O) groups is 1. The molecule has 0 bridgehead atoms. The molecular formula is C15H18BrN3O. The largest absolute Gasteiger partial charge is 0.324 e. The van der Waals surface area contributed by atoms with Crippen LogP contribution in [0.2, 0.25) is 0 Å². The number of nitrogens with zero attached hydrogens (tertiary/aromatic N) is 2. The highest BCUT2D eigenvalue weighted by molar-refractivity contribution is 9.10. The van der Waals surface area contributed by atoms with E-state index in [1.807, 2.05) is 44.3 Å². The van der Waals surface area contributed by atoms with Gasteiger partial charge in [0.1, 0.15) is 6.04 Å². The van der Waals surface area contributed by atoms with Gasteiger partial charge in [0.05, 0.1) is 10.2 Å². The quantitative estimate of drug-likeness (QED) is 0.925. The summed E-state index contributed by atoms with van der Waals surface area (Å²) in [6, 6.07) is 7.54. The van der Waals surface area contributed by atoms with Crippen LogP contribution in [0.3, 0.4) is 0 Å². The summed E-state index contributed by atoms with van der Waals surface area (Å²) in [5.74, 6) is -0.0794. The molecule has 0 aliphatic rings. The van der Waals surface area contributed by atoms with Crippen molar-refractivity contribution in [3.8, 4) is 0 Å². The number of rotatable bonds is 4. The molecule has 106 valence electrons. The molecule has 0 saturated heterocycles. The summed E-state index contributed by atoms with van der Waals surface area (Å²) < 4.78 is 2.57. The minimum absolute atomic E-state index is 0.0794. The fourth-order valence-corrected chi connectivity index (χ4v) is 2.14. The van der Waals surface area contributed by atoms with E-state index in [0.717, 1.165) is 22.3 Å². The van der Waals surface area contributed by atoms with Crippen molar-refractivity contribution in [1.82, 2.24) is 9.78 Å². The third-order valence-corrected chi connectivity index (χ3v) is 4.04. The Hall–Kier alpha value is -1.62. The fraction of sp³-hybridized carbons (Fsp3) is 0.333. The predicted octanol–water partition coefficient (Wildman–Crippen LogP) is 3.72. The lowest BCUT2D eigenvalue weighted by Crippen LogP contribution is -2.24. The van der Waals surface area contributed by atoms with Gasteiger partial charge in [-0.25, -0.2) is 0 Å². The van der Waals surface area contributed by atoms with Gasteiger partial charge in [0, 0.05) is 11.9 Å². The molecule has 0 saturated carbocycles. The maximum absolute atomic E-state index is 12.2. The molecule has 1 amide bonds. The maximum Gasteiger partial charge on any atom is 0.248 e. The number of amides is 1.